The van der Waals surface area contributed by atoms with Gasteiger partial charge in [-0.2, -0.15) is 23.1 Å². The highest BCUT2D eigenvalue weighted by Gasteiger charge is 2.49. The molecular formula is C35H39ClF5N7O3S. The number of piperazine rings is 1. The lowest BCUT2D eigenvalue weighted by Crippen LogP contribution is -2.54. The number of carbonyl (C=O) groups excluding carboxylic acids is 1. The summed E-state index contributed by atoms with van der Waals surface area (Å²) in [5.41, 5.74) is -3.18. The summed E-state index contributed by atoms with van der Waals surface area (Å²) < 4.78 is 86.6. The van der Waals surface area contributed by atoms with E-state index in [-0.39, 0.29) is 67.4 Å². The Labute approximate surface area is 306 Å². The van der Waals surface area contributed by atoms with Gasteiger partial charge < -0.3 is 19.7 Å². The van der Waals surface area contributed by atoms with E-state index in [0.29, 0.717) is 26.1 Å². The first-order chi connectivity index (χ1) is 24.4. The number of nitrogens with zero attached hydrogens (tertiary/aromatic N) is 5. The van der Waals surface area contributed by atoms with Crippen molar-refractivity contribution in [3.05, 3.63) is 34.6 Å². The molecule has 2 aromatic carbocycles. The zero-order valence-electron chi connectivity index (χ0n) is 29.3. The van der Waals surface area contributed by atoms with Crippen molar-refractivity contribution in [1.82, 2.24) is 25.2 Å². The second-order valence-corrected chi connectivity index (χ2v) is 16.3. The second-order valence-electron chi connectivity index (χ2n) is 14.9. The van der Waals surface area contributed by atoms with Crippen molar-refractivity contribution in [2.75, 3.05) is 43.0 Å². The summed E-state index contributed by atoms with van der Waals surface area (Å²) in [7, 11) is 0. The molecule has 3 aliphatic rings. The molecule has 4 atom stereocenters. The van der Waals surface area contributed by atoms with Gasteiger partial charge in [0.15, 0.2) is 5.13 Å². The van der Waals surface area contributed by atoms with Crippen LogP contribution in [0.5, 0.6) is 6.01 Å². The number of amides is 1. The first-order valence-corrected chi connectivity index (χ1v) is 18.3. The Morgan fingerprint density at radius 3 is 2.65 bits per heavy atom. The largest absolute Gasteiger partial charge is 0.461 e. The molecule has 1 amide bonds. The van der Waals surface area contributed by atoms with E-state index < -0.39 is 46.5 Å². The molecule has 52 heavy (non-hydrogen) atoms. The zero-order valence-corrected chi connectivity index (χ0v) is 30.8. The Bertz CT molecular complexity index is 2040. The van der Waals surface area contributed by atoms with Gasteiger partial charge in [0.2, 0.25) is 0 Å². The average Bonchev–Trinajstić information content (AvgIpc) is 3.72. The highest BCUT2D eigenvalue weighted by Crippen LogP contribution is 2.49. The quantitative estimate of drug-likeness (QED) is 0.188. The van der Waals surface area contributed by atoms with Gasteiger partial charge in [0.25, 0.3) is 0 Å². The number of nitrogens with one attached hydrogen (secondary N) is 2. The number of anilines is 2. The molecule has 0 bridgehead atoms. The van der Waals surface area contributed by atoms with Gasteiger partial charge in [-0.05, 0) is 72.2 Å². The third-order valence-electron chi connectivity index (χ3n) is 9.84. The molecule has 0 unspecified atom stereocenters. The van der Waals surface area contributed by atoms with Crippen LogP contribution in [0, 0.1) is 5.82 Å². The summed E-state index contributed by atoms with van der Waals surface area (Å²) in [6, 6.07) is 2.91. The van der Waals surface area contributed by atoms with Crippen LogP contribution in [0.3, 0.4) is 0 Å². The van der Waals surface area contributed by atoms with Crippen LogP contribution in [0.1, 0.15) is 59.4 Å². The van der Waals surface area contributed by atoms with Gasteiger partial charge in [-0.15, -0.1) is 0 Å². The van der Waals surface area contributed by atoms with Gasteiger partial charge in [-0.1, -0.05) is 22.9 Å². The lowest BCUT2D eigenvalue weighted by atomic mass is 9.95. The number of carbonyl (C=O) groups is 1. The number of rotatable bonds is 6. The van der Waals surface area contributed by atoms with Crippen LogP contribution in [-0.2, 0) is 10.9 Å². The minimum Gasteiger partial charge on any atom is -0.461 e. The number of alkyl halides is 4. The summed E-state index contributed by atoms with van der Waals surface area (Å²) in [6.07, 6.45) is -4.84. The monoisotopic (exact) mass is 767 g/mol. The standard InChI is InChI=1S/C35H39ClF5N7O3S/c1-17-14-48(18(2)13-42-17)29-21-11-22(35(39,40)41)24(20-7-8-23(38)28-27(20)44-31(52-28)46-32(49)51-33(3,4)5)25(36)26(21)43-30(45-29)50-16-34-9-6-10-47(34)15-19(37)12-34/h7-8,11,17-19,42H,6,9-10,12-16H2,1-5H3,(H,44,46,49)/t17-,18+,19-,34+/m1/s1. The Morgan fingerprint density at radius 2 is 1.92 bits per heavy atom. The topological polar surface area (TPSA) is 105 Å². The molecule has 17 heteroatoms. The van der Waals surface area contributed by atoms with Gasteiger partial charge >= 0.3 is 18.3 Å². The summed E-state index contributed by atoms with van der Waals surface area (Å²) in [4.78, 5) is 30.1. The molecule has 0 radical (unpaired) electrons. The minimum absolute atomic E-state index is 0.00146. The maximum atomic E-state index is 15.2. The van der Waals surface area contributed by atoms with Crippen LogP contribution >= 0.6 is 22.9 Å². The molecule has 3 saturated heterocycles. The molecule has 5 heterocycles. The molecule has 10 nitrogen and oxygen atoms in total. The lowest BCUT2D eigenvalue weighted by Gasteiger charge is -2.39. The Morgan fingerprint density at radius 1 is 1.15 bits per heavy atom. The third-order valence-corrected chi connectivity index (χ3v) is 11.2. The first kappa shape index (κ1) is 36.7. The van der Waals surface area contributed by atoms with Gasteiger partial charge in [0, 0.05) is 54.7 Å². The molecule has 2 aromatic heterocycles. The van der Waals surface area contributed by atoms with Crippen LogP contribution in [0.4, 0.5) is 37.7 Å². The van der Waals surface area contributed by atoms with Gasteiger partial charge in [-0.3, -0.25) is 10.2 Å². The van der Waals surface area contributed by atoms with Crippen LogP contribution < -0.4 is 20.3 Å². The van der Waals surface area contributed by atoms with Crippen LogP contribution in [0.2, 0.25) is 5.02 Å². The average molecular weight is 768 g/mol. The number of ether oxygens (including phenoxy) is 2. The van der Waals surface area contributed by atoms with Crippen LogP contribution in [0.15, 0.2) is 18.2 Å². The highest BCUT2D eigenvalue weighted by atomic mass is 35.5. The van der Waals surface area contributed by atoms with Crippen molar-refractivity contribution in [3.63, 3.8) is 0 Å². The van der Waals surface area contributed by atoms with Gasteiger partial charge in [0.1, 0.15) is 30.0 Å². The fourth-order valence-electron chi connectivity index (χ4n) is 7.55. The van der Waals surface area contributed by atoms with E-state index in [0.717, 1.165) is 42.9 Å². The van der Waals surface area contributed by atoms with Crippen molar-refractivity contribution < 1.29 is 36.2 Å². The number of thiazole rings is 1. The SMILES string of the molecule is C[C@@H]1CN(c2nc(OC[C@@]34CCCN3C[C@H](F)C4)nc3c(Cl)c(-c4ccc(F)c5sc(NC(=O)OC(C)(C)C)nc45)c(C(F)(F)F)cc23)[C@@H](C)CN1. The van der Waals surface area contributed by atoms with E-state index in [9.17, 15) is 9.18 Å². The highest BCUT2D eigenvalue weighted by molar-refractivity contribution is 7.22. The number of benzene rings is 2. The fourth-order valence-corrected chi connectivity index (χ4v) is 8.78. The van der Waals surface area contributed by atoms with Crippen molar-refractivity contribution >= 4 is 61.1 Å². The number of fused-ring (bicyclic) bond motifs is 3. The van der Waals surface area contributed by atoms with E-state index in [1.807, 2.05) is 18.7 Å². The van der Waals surface area contributed by atoms with E-state index in [4.69, 9.17) is 26.1 Å². The summed E-state index contributed by atoms with van der Waals surface area (Å²) in [5, 5.41) is 5.44. The van der Waals surface area contributed by atoms with Crippen LogP contribution in [0.25, 0.3) is 32.2 Å². The Kier molecular flexibility index (Phi) is 9.44. The molecule has 4 aromatic rings. The van der Waals surface area contributed by atoms with Crippen LogP contribution in [-0.4, -0.2) is 88.1 Å². The van der Waals surface area contributed by atoms with Crippen molar-refractivity contribution in [1.29, 1.82) is 0 Å². The van der Waals surface area contributed by atoms with E-state index in [1.54, 1.807) is 20.8 Å². The lowest BCUT2D eigenvalue weighted by molar-refractivity contribution is -0.137. The molecule has 0 saturated carbocycles. The summed E-state index contributed by atoms with van der Waals surface area (Å²) in [5.74, 6) is -0.527. The predicted molar refractivity (Wildman–Crippen MR) is 191 cm³/mol. The number of hydrogen-bond donors (Lipinski definition) is 2. The van der Waals surface area contributed by atoms with Crippen molar-refractivity contribution in [2.24, 2.45) is 0 Å². The molecule has 0 aliphatic carbocycles. The smallest absolute Gasteiger partial charge is 0.417 e. The maximum absolute atomic E-state index is 15.2. The molecule has 7 rings (SSSR count). The molecular weight excluding hydrogens is 729 g/mol. The molecule has 280 valence electrons. The molecule has 3 fully saturated rings. The van der Waals surface area contributed by atoms with Gasteiger partial charge in [-0.25, -0.2) is 18.6 Å². The van der Waals surface area contributed by atoms with E-state index in [1.165, 1.54) is 6.07 Å². The van der Waals surface area contributed by atoms with Gasteiger partial charge in [0.05, 0.1) is 31.9 Å². The fraction of sp³-hybridized carbons (Fsp3) is 0.543. The third kappa shape index (κ3) is 6.94. The van der Waals surface area contributed by atoms with Crippen molar-refractivity contribution in [3.8, 4) is 17.1 Å². The van der Waals surface area contributed by atoms with Crippen molar-refractivity contribution in [2.45, 2.75) is 89.5 Å². The normalized spacial score (nSPS) is 24.1. The number of halogens is 6. The first-order valence-electron chi connectivity index (χ1n) is 17.2. The predicted octanol–water partition coefficient (Wildman–Crippen LogP) is 8.21. The Balaban J connectivity index is 1.40. The zero-order chi connectivity index (χ0) is 37.3. The summed E-state index contributed by atoms with van der Waals surface area (Å²) in [6.45, 7) is 11.0. The minimum atomic E-state index is -4.92. The maximum Gasteiger partial charge on any atom is 0.417 e. The molecule has 2 N–H and O–H groups in total. The number of aromatic nitrogens is 3. The molecule has 3 aliphatic heterocycles. The summed E-state index contributed by atoms with van der Waals surface area (Å²) >= 11 is 7.78. The molecule has 0 spiro atoms. The Hall–Kier alpha value is -3.60. The number of hydrogen-bond acceptors (Lipinski definition) is 10. The van der Waals surface area contributed by atoms with E-state index in [2.05, 4.69) is 25.5 Å². The van der Waals surface area contributed by atoms with E-state index >= 15 is 17.6 Å². The second kappa shape index (κ2) is 13.4.